The van der Waals surface area contributed by atoms with E-state index in [1.54, 1.807) is 48.5 Å². The number of Topliss-reactive ketones (excluding diaryl/α,β-unsaturated/α-hetero) is 1. The highest BCUT2D eigenvalue weighted by Crippen LogP contribution is 2.32. The van der Waals surface area contributed by atoms with Crippen molar-refractivity contribution >= 4 is 23.3 Å². The Balaban J connectivity index is 1.72. The predicted molar refractivity (Wildman–Crippen MR) is 116 cm³/mol. The van der Waals surface area contributed by atoms with Crippen LogP contribution >= 0.6 is 0 Å². The summed E-state index contributed by atoms with van der Waals surface area (Å²) in [5.74, 6) is -1.83. The van der Waals surface area contributed by atoms with Crippen LogP contribution in [-0.4, -0.2) is 41.1 Å². The molecule has 3 aromatic rings. The highest BCUT2D eigenvalue weighted by atomic mass is 16.6. The van der Waals surface area contributed by atoms with Crippen molar-refractivity contribution in [3.05, 3.63) is 99.6 Å². The summed E-state index contributed by atoms with van der Waals surface area (Å²) in [6, 6.07) is 18.7. The van der Waals surface area contributed by atoms with Gasteiger partial charge in [-0.1, -0.05) is 42.5 Å². The second kappa shape index (κ2) is 8.91. The van der Waals surface area contributed by atoms with Crippen LogP contribution in [0.2, 0.25) is 0 Å². The molecule has 166 valence electrons. The van der Waals surface area contributed by atoms with E-state index in [0.29, 0.717) is 5.56 Å². The van der Waals surface area contributed by atoms with Gasteiger partial charge in [-0.3, -0.25) is 29.4 Å². The molecule has 0 aromatic heterocycles. The van der Waals surface area contributed by atoms with Crippen molar-refractivity contribution < 1.29 is 28.8 Å². The molecule has 33 heavy (non-hydrogen) atoms. The molecule has 1 atom stereocenters. The lowest BCUT2D eigenvalue weighted by atomic mass is 10.1. The normalized spacial score (nSPS) is 15.3. The number of nitro groups is 1. The van der Waals surface area contributed by atoms with Crippen molar-refractivity contribution in [2.45, 2.75) is 6.10 Å². The van der Waals surface area contributed by atoms with E-state index < -0.39 is 40.9 Å². The highest BCUT2D eigenvalue weighted by molar-refractivity contribution is 6.12. The van der Waals surface area contributed by atoms with E-state index in [9.17, 15) is 24.5 Å². The van der Waals surface area contributed by atoms with E-state index in [0.717, 1.165) is 11.0 Å². The minimum Gasteiger partial charge on any atom is -0.490 e. The summed E-state index contributed by atoms with van der Waals surface area (Å²) in [4.78, 5) is 51.0. The molecule has 0 spiro atoms. The van der Waals surface area contributed by atoms with Gasteiger partial charge in [0, 0.05) is 17.2 Å². The van der Waals surface area contributed by atoms with E-state index in [4.69, 9.17) is 9.47 Å². The first kappa shape index (κ1) is 21.7. The quantitative estimate of drug-likeness (QED) is 0.246. The second-order valence-corrected chi connectivity index (χ2v) is 7.20. The maximum Gasteiger partial charge on any atom is 0.311 e. The number of carbonyl (C=O) groups excluding carboxylic acids is 3. The Morgan fingerprint density at radius 2 is 1.76 bits per heavy atom. The van der Waals surface area contributed by atoms with Crippen molar-refractivity contribution in [3.8, 4) is 11.5 Å². The fourth-order valence-corrected chi connectivity index (χ4v) is 3.54. The number of nitrogens with zero attached hydrogens (tertiary/aromatic N) is 2. The number of carbonyl (C=O) groups is 3. The SMILES string of the molecule is COc1ccc(C(=O)CN2C(=O)c3ccccc3O[C@@H](c3ccccc3)C2=O)cc1[N+](=O)[O-]. The van der Waals surface area contributed by atoms with Gasteiger partial charge >= 0.3 is 5.69 Å². The molecule has 9 heteroatoms. The lowest BCUT2D eigenvalue weighted by Gasteiger charge is -2.22. The zero-order valence-corrected chi connectivity index (χ0v) is 17.5. The van der Waals surface area contributed by atoms with Crippen LogP contribution in [-0.2, 0) is 4.79 Å². The fraction of sp³-hybridized carbons (Fsp3) is 0.125. The molecule has 0 saturated heterocycles. The Kier molecular flexibility index (Phi) is 5.86. The molecule has 1 heterocycles. The summed E-state index contributed by atoms with van der Waals surface area (Å²) in [7, 11) is 1.28. The number of nitro benzene ring substituents is 1. The van der Waals surface area contributed by atoms with Crippen molar-refractivity contribution in [1.82, 2.24) is 4.90 Å². The number of amides is 2. The first-order valence-electron chi connectivity index (χ1n) is 9.92. The molecule has 0 unspecified atom stereocenters. The van der Waals surface area contributed by atoms with Crippen molar-refractivity contribution in [2.75, 3.05) is 13.7 Å². The average Bonchev–Trinajstić information content (AvgIpc) is 2.94. The zero-order valence-electron chi connectivity index (χ0n) is 17.5. The summed E-state index contributed by atoms with van der Waals surface area (Å²) in [6.45, 7) is -0.609. The molecule has 0 fully saturated rings. The predicted octanol–water partition coefficient (Wildman–Crippen LogP) is 3.59. The number of ketones is 1. The maximum absolute atomic E-state index is 13.4. The number of imide groups is 1. The Morgan fingerprint density at radius 1 is 1.06 bits per heavy atom. The lowest BCUT2D eigenvalue weighted by molar-refractivity contribution is -0.385. The second-order valence-electron chi connectivity index (χ2n) is 7.20. The average molecular weight is 446 g/mol. The van der Waals surface area contributed by atoms with E-state index in [1.807, 2.05) is 0 Å². The number of fused-ring (bicyclic) bond motifs is 1. The molecular weight excluding hydrogens is 428 g/mol. The number of hydrogen-bond donors (Lipinski definition) is 0. The maximum atomic E-state index is 13.4. The number of methoxy groups -OCH3 is 1. The summed E-state index contributed by atoms with van der Waals surface area (Å²) in [5.41, 5.74) is 0.229. The zero-order chi connectivity index (χ0) is 23.5. The van der Waals surface area contributed by atoms with Crippen LogP contribution in [0.5, 0.6) is 11.5 Å². The molecule has 0 saturated carbocycles. The van der Waals surface area contributed by atoms with Crippen LogP contribution in [0, 0.1) is 10.1 Å². The molecule has 4 rings (SSSR count). The minimum atomic E-state index is -1.14. The molecule has 0 N–H and O–H groups in total. The molecule has 0 aliphatic carbocycles. The molecule has 1 aliphatic heterocycles. The fourth-order valence-electron chi connectivity index (χ4n) is 3.54. The number of hydrogen-bond acceptors (Lipinski definition) is 7. The number of ether oxygens (including phenoxy) is 2. The number of benzene rings is 3. The van der Waals surface area contributed by atoms with E-state index >= 15 is 0 Å². The van der Waals surface area contributed by atoms with Gasteiger partial charge in [0.25, 0.3) is 11.8 Å². The molecule has 2 amide bonds. The van der Waals surface area contributed by atoms with Gasteiger partial charge in [0.05, 0.1) is 24.1 Å². The number of para-hydroxylation sites is 1. The Bertz CT molecular complexity index is 1260. The molecular formula is C24H18N2O7. The summed E-state index contributed by atoms with van der Waals surface area (Å²) < 4.78 is 10.9. The van der Waals surface area contributed by atoms with Crippen LogP contribution in [0.4, 0.5) is 5.69 Å². The summed E-state index contributed by atoms with van der Waals surface area (Å²) >= 11 is 0. The molecule has 1 aliphatic rings. The molecule has 3 aromatic carbocycles. The Labute approximate surface area is 188 Å². The van der Waals surface area contributed by atoms with Gasteiger partial charge in [0.2, 0.25) is 6.10 Å². The lowest BCUT2D eigenvalue weighted by Crippen LogP contribution is -2.42. The Morgan fingerprint density at radius 3 is 2.45 bits per heavy atom. The Hall–Kier alpha value is -4.53. The van der Waals surface area contributed by atoms with Gasteiger partial charge in [0.15, 0.2) is 11.5 Å². The van der Waals surface area contributed by atoms with Crippen LogP contribution in [0.15, 0.2) is 72.8 Å². The third-order valence-corrected chi connectivity index (χ3v) is 5.20. The van der Waals surface area contributed by atoms with Gasteiger partial charge in [-0.05, 0) is 24.3 Å². The molecule has 0 radical (unpaired) electrons. The third kappa shape index (κ3) is 4.16. The van der Waals surface area contributed by atoms with Crippen LogP contribution < -0.4 is 9.47 Å². The largest absolute Gasteiger partial charge is 0.490 e. The van der Waals surface area contributed by atoms with Gasteiger partial charge in [-0.2, -0.15) is 0 Å². The standard InChI is InChI=1S/C24H18N2O7/c1-32-21-12-11-16(13-18(21)26(30)31)19(27)14-25-23(28)17-9-5-6-10-20(17)33-22(24(25)29)15-7-3-2-4-8-15/h2-13,22H,14H2,1H3/t22-/m0/s1. The third-order valence-electron chi connectivity index (χ3n) is 5.20. The van der Waals surface area contributed by atoms with Crippen LogP contribution in [0.1, 0.15) is 32.4 Å². The topological polar surface area (TPSA) is 116 Å². The van der Waals surface area contributed by atoms with E-state index in [1.165, 1.54) is 25.3 Å². The van der Waals surface area contributed by atoms with Gasteiger partial charge in [-0.15, -0.1) is 0 Å². The van der Waals surface area contributed by atoms with Crippen molar-refractivity contribution in [2.24, 2.45) is 0 Å². The summed E-state index contributed by atoms with van der Waals surface area (Å²) in [6.07, 6.45) is -1.14. The minimum absolute atomic E-state index is 0.00931. The van der Waals surface area contributed by atoms with Crippen molar-refractivity contribution in [3.63, 3.8) is 0 Å². The highest BCUT2D eigenvalue weighted by Gasteiger charge is 2.38. The van der Waals surface area contributed by atoms with Crippen LogP contribution in [0.3, 0.4) is 0 Å². The molecule has 9 nitrogen and oxygen atoms in total. The monoisotopic (exact) mass is 446 g/mol. The molecule has 0 bridgehead atoms. The van der Waals surface area contributed by atoms with Crippen molar-refractivity contribution in [1.29, 1.82) is 0 Å². The van der Waals surface area contributed by atoms with Gasteiger partial charge in [0.1, 0.15) is 5.75 Å². The van der Waals surface area contributed by atoms with E-state index in [-0.39, 0.29) is 22.6 Å². The van der Waals surface area contributed by atoms with Gasteiger partial charge in [-0.25, -0.2) is 0 Å². The smallest absolute Gasteiger partial charge is 0.311 e. The van der Waals surface area contributed by atoms with Crippen LogP contribution in [0.25, 0.3) is 0 Å². The van der Waals surface area contributed by atoms with Gasteiger partial charge < -0.3 is 9.47 Å². The first-order chi connectivity index (χ1) is 15.9. The first-order valence-corrected chi connectivity index (χ1v) is 9.92. The number of rotatable bonds is 6. The summed E-state index contributed by atoms with van der Waals surface area (Å²) in [5, 5.41) is 11.3. The van der Waals surface area contributed by atoms with E-state index in [2.05, 4.69) is 0 Å².